The van der Waals surface area contributed by atoms with Crippen LogP contribution in [0.1, 0.15) is 45.1 Å². The zero-order chi connectivity index (χ0) is 20.3. The van der Waals surface area contributed by atoms with E-state index < -0.39 is 22.0 Å². The van der Waals surface area contributed by atoms with Crippen LogP contribution in [0.5, 0.6) is 0 Å². The van der Waals surface area contributed by atoms with Crippen molar-refractivity contribution in [3.63, 3.8) is 0 Å². The first-order valence-electron chi connectivity index (χ1n) is 9.49. The lowest BCUT2D eigenvalue weighted by atomic mass is 10.00. The first-order valence-corrected chi connectivity index (χ1v) is 11.0. The minimum Gasteiger partial charge on any atom is -0.454 e. The van der Waals surface area contributed by atoms with Gasteiger partial charge in [-0.1, -0.05) is 19.1 Å². The molecule has 1 N–H and O–H groups in total. The summed E-state index contributed by atoms with van der Waals surface area (Å²) in [5, 5.41) is 0. The molecule has 0 spiro atoms. The average molecular weight is 407 g/mol. The first kappa shape index (κ1) is 20.3. The Morgan fingerprint density at radius 2 is 2.07 bits per heavy atom. The minimum atomic E-state index is -3.67. The van der Waals surface area contributed by atoms with Crippen molar-refractivity contribution in [3.05, 3.63) is 29.8 Å². The molecule has 2 aliphatic rings. The van der Waals surface area contributed by atoms with Gasteiger partial charge in [-0.2, -0.15) is 0 Å². The van der Waals surface area contributed by atoms with E-state index in [0.29, 0.717) is 12.1 Å². The molecule has 0 bridgehead atoms. The number of hydrogen-bond acceptors (Lipinski definition) is 6. The first-order chi connectivity index (χ1) is 13.3. The van der Waals surface area contributed by atoms with Crippen LogP contribution in [0.3, 0.4) is 0 Å². The van der Waals surface area contributed by atoms with Gasteiger partial charge in [0.1, 0.15) is 11.9 Å². The summed E-state index contributed by atoms with van der Waals surface area (Å²) in [6.07, 6.45) is 3.91. The van der Waals surface area contributed by atoms with E-state index in [-0.39, 0.29) is 29.3 Å². The number of nitrogens with one attached hydrogen (secondary N) is 1. The van der Waals surface area contributed by atoms with Crippen LogP contribution < -0.4 is 4.72 Å². The maximum absolute atomic E-state index is 12.4. The Morgan fingerprint density at radius 3 is 2.82 bits per heavy atom. The molecule has 0 aliphatic carbocycles. The van der Waals surface area contributed by atoms with E-state index >= 15 is 0 Å². The third kappa shape index (κ3) is 4.19. The molecule has 8 nitrogen and oxygen atoms in total. The van der Waals surface area contributed by atoms with E-state index in [9.17, 15) is 18.0 Å². The Labute approximate surface area is 165 Å². The van der Waals surface area contributed by atoms with E-state index in [1.807, 2.05) is 6.92 Å². The highest BCUT2D eigenvalue weighted by molar-refractivity contribution is 7.90. The smallest absolute Gasteiger partial charge is 0.331 e. The van der Waals surface area contributed by atoms with Crippen molar-refractivity contribution >= 4 is 27.7 Å². The van der Waals surface area contributed by atoms with Crippen molar-refractivity contribution < 1.29 is 22.7 Å². The van der Waals surface area contributed by atoms with Crippen LogP contribution in [0.4, 0.5) is 0 Å². The van der Waals surface area contributed by atoms with E-state index in [2.05, 4.69) is 9.71 Å². The number of carbonyl (C=O) groups excluding carboxylic acids is 2. The second-order valence-corrected chi connectivity index (χ2v) is 8.66. The SMILES string of the molecule is CC[C@H]1CCCCN1C(=O)COC(=O)[C@H](C)N=C1NS(=O)(=O)c2ccccc21. The van der Waals surface area contributed by atoms with Gasteiger partial charge in [0.2, 0.25) is 0 Å². The number of sulfonamides is 1. The van der Waals surface area contributed by atoms with Crippen molar-refractivity contribution in [2.75, 3.05) is 13.2 Å². The van der Waals surface area contributed by atoms with Gasteiger partial charge in [0.15, 0.2) is 6.61 Å². The summed E-state index contributed by atoms with van der Waals surface area (Å²) in [5.74, 6) is -0.769. The van der Waals surface area contributed by atoms with Crippen LogP contribution >= 0.6 is 0 Å². The zero-order valence-electron chi connectivity index (χ0n) is 16.1. The van der Waals surface area contributed by atoms with Gasteiger partial charge in [0.05, 0.1) is 4.90 Å². The molecule has 152 valence electrons. The maximum atomic E-state index is 12.4. The van der Waals surface area contributed by atoms with Crippen LogP contribution in [0.25, 0.3) is 0 Å². The number of aliphatic imine (C=N–C) groups is 1. The summed E-state index contributed by atoms with van der Waals surface area (Å²) < 4.78 is 31.7. The lowest BCUT2D eigenvalue weighted by Crippen LogP contribution is -2.45. The molecule has 0 unspecified atom stereocenters. The molecule has 3 rings (SSSR count). The van der Waals surface area contributed by atoms with Crippen molar-refractivity contribution in [2.24, 2.45) is 4.99 Å². The number of carbonyl (C=O) groups is 2. The number of ether oxygens (including phenoxy) is 1. The van der Waals surface area contributed by atoms with Gasteiger partial charge in [-0.15, -0.1) is 0 Å². The summed E-state index contributed by atoms with van der Waals surface area (Å²) >= 11 is 0. The molecule has 1 amide bonds. The van der Waals surface area contributed by atoms with Gasteiger partial charge < -0.3 is 9.64 Å². The number of benzene rings is 1. The highest BCUT2D eigenvalue weighted by atomic mass is 32.2. The number of likely N-dealkylation sites (tertiary alicyclic amines) is 1. The second-order valence-electron chi connectivity index (χ2n) is 7.01. The molecular formula is C19H25N3O5S. The van der Waals surface area contributed by atoms with Crippen LogP contribution in [0.15, 0.2) is 34.2 Å². The van der Waals surface area contributed by atoms with Gasteiger partial charge in [-0.25, -0.2) is 13.2 Å². The van der Waals surface area contributed by atoms with E-state index in [1.165, 1.54) is 13.0 Å². The maximum Gasteiger partial charge on any atom is 0.331 e. The molecule has 28 heavy (non-hydrogen) atoms. The van der Waals surface area contributed by atoms with Crippen molar-refractivity contribution in [2.45, 2.75) is 56.5 Å². The van der Waals surface area contributed by atoms with Gasteiger partial charge in [-0.3, -0.25) is 14.5 Å². The fourth-order valence-electron chi connectivity index (χ4n) is 3.57. The van der Waals surface area contributed by atoms with Crippen molar-refractivity contribution in [1.82, 2.24) is 9.62 Å². The monoisotopic (exact) mass is 407 g/mol. The summed E-state index contributed by atoms with van der Waals surface area (Å²) in [5.41, 5.74) is 0.414. The lowest BCUT2D eigenvalue weighted by molar-refractivity contribution is -0.154. The summed E-state index contributed by atoms with van der Waals surface area (Å²) in [7, 11) is -3.67. The predicted octanol–water partition coefficient (Wildman–Crippen LogP) is 1.45. The Kier molecular flexibility index (Phi) is 6.02. The molecular weight excluding hydrogens is 382 g/mol. The van der Waals surface area contributed by atoms with Gasteiger partial charge in [0, 0.05) is 18.2 Å². The molecule has 1 aromatic carbocycles. The zero-order valence-corrected chi connectivity index (χ0v) is 16.9. The number of esters is 1. The number of hydrogen-bond donors (Lipinski definition) is 1. The van der Waals surface area contributed by atoms with Crippen molar-refractivity contribution in [1.29, 1.82) is 0 Å². The Hall–Kier alpha value is -2.42. The number of piperidine rings is 1. The minimum absolute atomic E-state index is 0.105. The molecule has 2 atom stereocenters. The highest BCUT2D eigenvalue weighted by Crippen LogP contribution is 2.23. The van der Waals surface area contributed by atoms with Crippen LogP contribution in [0.2, 0.25) is 0 Å². The molecule has 1 fully saturated rings. The highest BCUT2D eigenvalue weighted by Gasteiger charge is 2.32. The molecule has 1 aromatic rings. The van der Waals surface area contributed by atoms with E-state index in [1.54, 1.807) is 23.1 Å². The Bertz CT molecular complexity index is 897. The summed E-state index contributed by atoms with van der Waals surface area (Å²) in [6, 6.07) is 5.66. The van der Waals surface area contributed by atoms with E-state index in [0.717, 1.165) is 25.7 Å². The molecule has 0 radical (unpaired) electrons. The number of nitrogens with zero attached hydrogens (tertiary/aromatic N) is 2. The lowest BCUT2D eigenvalue weighted by Gasteiger charge is -2.35. The standard InChI is InChI=1S/C19H25N3O5S/c1-3-14-8-6-7-11-22(14)17(23)12-27-19(24)13(2)20-18-15-9-4-5-10-16(15)28(25,26)21-18/h4-5,9-10,13-14H,3,6-8,11-12H2,1-2H3,(H,20,21)/t13-,14-/m0/s1. The number of fused-ring (bicyclic) bond motifs is 1. The molecule has 2 aliphatic heterocycles. The predicted molar refractivity (Wildman–Crippen MR) is 103 cm³/mol. The quantitative estimate of drug-likeness (QED) is 0.744. The molecule has 1 saturated heterocycles. The van der Waals surface area contributed by atoms with Crippen LogP contribution in [-0.2, 0) is 24.3 Å². The van der Waals surface area contributed by atoms with Crippen LogP contribution in [-0.4, -0.2) is 56.3 Å². The Morgan fingerprint density at radius 1 is 1.32 bits per heavy atom. The topological polar surface area (TPSA) is 105 Å². The molecule has 2 heterocycles. The van der Waals surface area contributed by atoms with E-state index in [4.69, 9.17) is 4.74 Å². The molecule has 0 aromatic heterocycles. The van der Waals surface area contributed by atoms with Gasteiger partial charge in [0.25, 0.3) is 15.9 Å². The normalized spacial score (nSPS) is 23.0. The third-order valence-corrected chi connectivity index (χ3v) is 6.48. The summed E-state index contributed by atoms with van der Waals surface area (Å²) in [6.45, 7) is 3.91. The third-order valence-electron chi connectivity index (χ3n) is 5.08. The summed E-state index contributed by atoms with van der Waals surface area (Å²) in [4.78, 5) is 30.7. The largest absolute Gasteiger partial charge is 0.454 e. The van der Waals surface area contributed by atoms with Gasteiger partial charge in [-0.05, 0) is 44.7 Å². The van der Waals surface area contributed by atoms with Gasteiger partial charge >= 0.3 is 5.97 Å². The number of amidine groups is 1. The number of amides is 1. The average Bonchev–Trinajstić information content (AvgIpc) is 2.96. The van der Waals surface area contributed by atoms with Crippen LogP contribution in [0, 0.1) is 0 Å². The molecule has 0 saturated carbocycles. The number of rotatable bonds is 5. The van der Waals surface area contributed by atoms with Crippen molar-refractivity contribution in [3.8, 4) is 0 Å². The fraction of sp³-hybridized carbons (Fsp3) is 0.526. The second kappa shape index (κ2) is 8.30. The Balaban J connectivity index is 1.63. The molecule has 9 heteroatoms. The fourth-order valence-corrected chi connectivity index (χ4v) is 4.80.